The molecule has 14 rings (SSSR count). The standard InChI is InChI=1S/C72H46/c1-2-16-50(17-3-1)69-61-21-6-8-23-63(61)70(64-24-9-7-22-62(64)69)51-34-29-48(30-35-51)55-39-41-59-45-56(40-42-58(59)44-55)49-31-36-52(37-32-49)71-65-25-10-12-27-67(65)72(68-28-13-11-26-66(68)71)60-20-14-19-54(46-60)57-38-33-47-15-4-5-18-53(47)43-57/h1-46H. The van der Waals surface area contributed by atoms with Gasteiger partial charge < -0.3 is 0 Å². The topological polar surface area (TPSA) is 0 Å². The van der Waals surface area contributed by atoms with Crippen LogP contribution >= 0.6 is 0 Å². The van der Waals surface area contributed by atoms with Crippen LogP contribution in [0.2, 0.25) is 0 Å². The molecule has 0 unspecified atom stereocenters. The number of hydrogen-bond acceptors (Lipinski definition) is 0. The van der Waals surface area contributed by atoms with Crippen molar-refractivity contribution in [1.29, 1.82) is 0 Å². The molecule has 0 amide bonds. The first kappa shape index (κ1) is 41.6. The second-order valence-electron chi connectivity index (χ2n) is 19.1. The predicted octanol–water partition coefficient (Wildman–Crippen LogP) is 20.3. The number of hydrogen-bond donors (Lipinski definition) is 0. The number of fused-ring (bicyclic) bond motifs is 6. The fourth-order valence-electron chi connectivity index (χ4n) is 11.6. The van der Waals surface area contributed by atoms with Crippen LogP contribution in [0.3, 0.4) is 0 Å². The lowest BCUT2D eigenvalue weighted by Crippen LogP contribution is -1.91. The second kappa shape index (κ2) is 17.2. The van der Waals surface area contributed by atoms with Crippen molar-refractivity contribution in [2.45, 2.75) is 0 Å². The molecule has 0 bridgehead atoms. The van der Waals surface area contributed by atoms with Crippen LogP contribution in [0.4, 0.5) is 0 Å². The highest BCUT2D eigenvalue weighted by Gasteiger charge is 2.19. The molecule has 0 heteroatoms. The molecule has 14 aromatic carbocycles. The molecule has 0 spiro atoms. The molecule has 0 fully saturated rings. The third kappa shape index (κ3) is 7.07. The van der Waals surface area contributed by atoms with Gasteiger partial charge in [-0.15, -0.1) is 0 Å². The molecule has 0 nitrogen and oxygen atoms in total. The van der Waals surface area contributed by atoms with Crippen molar-refractivity contribution in [3.63, 3.8) is 0 Å². The minimum Gasteiger partial charge on any atom is -0.0622 e. The van der Waals surface area contributed by atoms with Crippen LogP contribution in [0.25, 0.3) is 143 Å². The average Bonchev–Trinajstić information content (AvgIpc) is 3.45. The summed E-state index contributed by atoms with van der Waals surface area (Å²) in [5, 5.41) is 15.1. The van der Waals surface area contributed by atoms with Gasteiger partial charge in [0.1, 0.15) is 0 Å². The van der Waals surface area contributed by atoms with Gasteiger partial charge in [-0.2, -0.15) is 0 Å². The smallest absolute Gasteiger partial charge is 0.00262 e. The van der Waals surface area contributed by atoms with E-state index < -0.39 is 0 Å². The summed E-state index contributed by atoms with van der Waals surface area (Å²) in [6.07, 6.45) is 0. The largest absolute Gasteiger partial charge is 0.0622 e. The molecule has 0 radical (unpaired) electrons. The summed E-state index contributed by atoms with van der Waals surface area (Å²) in [6, 6.07) is 103. The monoisotopic (exact) mass is 910 g/mol. The maximum atomic E-state index is 2.37. The third-order valence-corrected chi connectivity index (χ3v) is 15.0. The molecule has 0 saturated carbocycles. The molecule has 14 aromatic rings. The highest BCUT2D eigenvalue weighted by molar-refractivity contribution is 6.23. The minimum absolute atomic E-state index is 1.20. The molecule has 0 aliphatic heterocycles. The van der Waals surface area contributed by atoms with Gasteiger partial charge in [0.2, 0.25) is 0 Å². The summed E-state index contributed by atoms with van der Waals surface area (Å²) in [5.74, 6) is 0. The zero-order valence-corrected chi connectivity index (χ0v) is 39.6. The van der Waals surface area contributed by atoms with E-state index in [1.54, 1.807) is 0 Å². The molecular weight excluding hydrogens is 865 g/mol. The van der Waals surface area contributed by atoms with Crippen molar-refractivity contribution in [3.05, 3.63) is 279 Å². The van der Waals surface area contributed by atoms with E-state index in [1.807, 2.05) is 0 Å². The fraction of sp³-hybridized carbons (Fsp3) is 0. The molecule has 0 aromatic heterocycles. The normalized spacial score (nSPS) is 11.6. The molecular formula is C72H46. The van der Waals surface area contributed by atoms with Gasteiger partial charge in [-0.05, 0) is 167 Å². The van der Waals surface area contributed by atoms with Crippen molar-refractivity contribution in [2.75, 3.05) is 0 Å². The predicted molar refractivity (Wildman–Crippen MR) is 310 cm³/mol. The maximum Gasteiger partial charge on any atom is -0.00262 e. The molecule has 0 heterocycles. The Morgan fingerprint density at radius 2 is 0.375 bits per heavy atom. The summed E-state index contributed by atoms with van der Waals surface area (Å²) in [7, 11) is 0. The van der Waals surface area contributed by atoms with Crippen LogP contribution in [0.1, 0.15) is 0 Å². The summed E-state index contributed by atoms with van der Waals surface area (Å²) < 4.78 is 0. The van der Waals surface area contributed by atoms with Crippen LogP contribution in [0.15, 0.2) is 279 Å². The first-order valence-electron chi connectivity index (χ1n) is 25.0. The van der Waals surface area contributed by atoms with Crippen LogP contribution < -0.4 is 0 Å². The Bertz CT molecular complexity index is 4290. The van der Waals surface area contributed by atoms with Gasteiger partial charge >= 0.3 is 0 Å². The van der Waals surface area contributed by atoms with Crippen LogP contribution in [-0.4, -0.2) is 0 Å². The molecule has 0 aliphatic carbocycles. The first-order chi connectivity index (χ1) is 35.7. The van der Waals surface area contributed by atoms with E-state index >= 15 is 0 Å². The Kier molecular flexibility index (Phi) is 9.96. The van der Waals surface area contributed by atoms with Crippen molar-refractivity contribution in [2.24, 2.45) is 0 Å². The number of rotatable bonds is 7. The van der Waals surface area contributed by atoms with Gasteiger partial charge in [-0.3, -0.25) is 0 Å². The van der Waals surface area contributed by atoms with E-state index in [9.17, 15) is 0 Å². The molecule has 0 saturated heterocycles. The zero-order chi connectivity index (χ0) is 47.5. The van der Waals surface area contributed by atoms with Gasteiger partial charge in [0.25, 0.3) is 0 Å². The molecule has 334 valence electrons. The summed E-state index contributed by atoms with van der Waals surface area (Å²) in [4.78, 5) is 0. The Balaban J connectivity index is 0.777. The Morgan fingerprint density at radius 3 is 0.806 bits per heavy atom. The minimum atomic E-state index is 1.20. The Hall–Kier alpha value is -9.36. The van der Waals surface area contributed by atoms with Gasteiger partial charge in [-0.1, -0.05) is 255 Å². The van der Waals surface area contributed by atoms with E-state index in [0.29, 0.717) is 0 Å². The summed E-state index contributed by atoms with van der Waals surface area (Å²) in [6.45, 7) is 0. The Morgan fingerprint density at radius 1 is 0.125 bits per heavy atom. The number of benzene rings is 14. The van der Waals surface area contributed by atoms with Crippen LogP contribution in [-0.2, 0) is 0 Å². The van der Waals surface area contributed by atoms with Gasteiger partial charge in [0.15, 0.2) is 0 Å². The molecule has 0 aliphatic rings. The quantitative estimate of drug-likeness (QED) is 0.140. The highest BCUT2D eigenvalue weighted by Crippen LogP contribution is 2.46. The third-order valence-electron chi connectivity index (χ3n) is 15.0. The van der Waals surface area contributed by atoms with Crippen molar-refractivity contribution >= 4 is 64.6 Å². The molecule has 72 heavy (non-hydrogen) atoms. The van der Waals surface area contributed by atoms with E-state index in [1.165, 1.54) is 143 Å². The maximum absolute atomic E-state index is 2.37. The van der Waals surface area contributed by atoms with Gasteiger partial charge in [-0.25, -0.2) is 0 Å². The SMILES string of the molecule is c1ccc(-c2c3ccccc3c(-c3ccc(-c4ccc5cc(-c6ccc(-c7c8ccccc8c(-c8cccc(-c9ccc%10ccccc%10c9)c8)c8ccccc78)cc6)ccc5c4)cc3)c3ccccc23)cc1. The second-order valence-corrected chi connectivity index (χ2v) is 19.1. The van der Waals surface area contributed by atoms with E-state index in [-0.39, 0.29) is 0 Å². The lowest BCUT2D eigenvalue weighted by molar-refractivity contribution is 1.61. The van der Waals surface area contributed by atoms with Crippen LogP contribution in [0.5, 0.6) is 0 Å². The van der Waals surface area contributed by atoms with Crippen LogP contribution in [0, 0.1) is 0 Å². The Labute approximate surface area is 419 Å². The summed E-state index contributed by atoms with van der Waals surface area (Å²) >= 11 is 0. The van der Waals surface area contributed by atoms with E-state index in [4.69, 9.17) is 0 Å². The van der Waals surface area contributed by atoms with Crippen molar-refractivity contribution in [3.8, 4) is 77.9 Å². The lowest BCUT2D eigenvalue weighted by Gasteiger charge is -2.18. The first-order valence-corrected chi connectivity index (χ1v) is 25.0. The van der Waals surface area contributed by atoms with E-state index in [2.05, 4.69) is 279 Å². The lowest BCUT2D eigenvalue weighted by atomic mass is 9.85. The van der Waals surface area contributed by atoms with Crippen molar-refractivity contribution < 1.29 is 0 Å². The highest BCUT2D eigenvalue weighted by atomic mass is 14.2. The zero-order valence-electron chi connectivity index (χ0n) is 39.6. The van der Waals surface area contributed by atoms with Gasteiger partial charge in [0.05, 0.1) is 0 Å². The van der Waals surface area contributed by atoms with Gasteiger partial charge in [0, 0.05) is 0 Å². The molecule has 0 atom stereocenters. The van der Waals surface area contributed by atoms with Crippen molar-refractivity contribution in [1.82, 2.24) is 0 Å². The molecule has 0 N–H and O–H groups in total. The van der Waals surface area contributed by atoms with E-state index in [0.717, 1.165) is 0 Å². The average molecular weight is 911 g/mol. The summed E-state index contributed by atoms with van der Waals surface area (Å²) in [5.41, 5.74) is 17.3. The fourth-order valence-corrected chi connectivity index (χ4v) is 11.6.